The fourth-order valence-electron chi connectivity index (χ4n) is 6.29. The van der Waals surface area contributed by atoms with Gasteiger partial charge in [0.1, 0.15) is 0 Å². The summed E-state index contributed by atoms with van der Waals surface area (Å²) in [7, 11) is 0. The molecule has 3 fully saturated rings. The van der Waals surface area contributed by atoms with Crippen molar-refractivity contribution in [2.75, 3.05) is 32.7 Å². The second-order valence-electron chi connectivity index (χ2n) is 11.2. The van der Waals surface area contributed by atoms with Crippen molar-refractivity contribution in [1.29, 1.82) is 0 Å². The summed E-state index contributed by atoms with van der Waals surface area (Å²) >= 11 is 0. The summed E-state index contributed by atoms with van der Waals surface area (Å²) in [4.78, 5) is 95.5. The van der Waals surface area contributed by atoms with Crippen LogP contribution in [0.1, 0.15) is 57.8 Å². The SMILES string of the molecule is C#CCN(CCC(=O)ON1C(=O)CCC1=O)C(=O)CCN(CC#C)C(=O)CCCCCN1C(=O)[C@@H]2[C@H](C1=O)[C@H]1C=C[C@@H]2C1. The summed E-state index contributed by atoms with van der Waals surface area (Å²) in [6.07, 6.45) is 17.4. The van der Waals surface area contributed by atoms with Gasteiger partial charge >= 0.3 is 5.97 Å². The van der Waals surface area contributed by atoms with Crippen LogP contribution in [0.15, 0.2) is 12.2 Å². The van der Waals surface area contributed by atoms with Crippen LogP contribution in [-0.2, 0) is 38.4 Å². The van der Waals surface area contributed by atoms with Crippen molar-refractivity contribution in [3.63, 3.8) is 0 Å². The van der Waals surface area contributed by atoms with Gasteiger partial charge in [0.25, 0.3) is 11.8 Å². The average Bonchev–Trinajstić information content (AvgIpc) is 3.74. The molecule has 1 saturated carbocycles. The number of fused-ring (bicyclic) bond motifs is 5. The molecule has 12 nitrogen and oxygen atoms in total. The molecule has 228 valence electrons. The quantitative estimate of drug-likeness (QED) is 0.117. The van der Waals surface area contributed by atoms with Gasteiger partial charge in [0, 0.05) is 45.3 Å². The summed E-state index contributed by atoms with van der Waals surface area (Å²) in [6.45, 7) is 0.242. The highest BCUT2D eigenvalue weighted by Gasteiger charge is 2.58. The average molecular weight is 593 g/mol. The second-order valence-corrected chi connectivity index (χ2v) is 11.2. The van der Waals surface area contributed by atoms with Crippen LogP contribution >= 0.6 is 0 Å². The van der Waals surface area contributed by atoms with Gasteiger partial charge in [-0.1, -0.05) is 30.4 Å². The number of hydrogen-bond donors (Lipinski definition) is 0. The predicted molar refractivity (Wildman–Crippen MR) is 150 cm³/mol. The lowest BCUT2D eigenvalue weighted by atomic mass is 9.85. The van der Waals surface area contributed by atoms with Crippen molar-refractivity contribution in [3.8, 4) is 24.7 Å². The van der Waals surface area contributed by atoms with Gasteiger partial charge in [0.2, 0.25) is 23.6 Å². The van der Waals surface area contributed by atoms with Gasteiger partial charge in [0.05, 0.1) is 31.3 Å². The summed E-state index contributed by atoms with van der Waals surface area (Å²) in [5, 5.41) is 0.440. The molecule has 4 atom stereocenters. The number of terminal acetylenes is 2. The number of nitrogens with zero attached hydrogens (tertiary/aromatic N) is 4. The first-order valence-electron chi connectivity index (χ1n) is 14.7. The Kier molecular flexibility index (Phi) is 10.4. The molecule has 0 aromatic rings. The van der Waals surface area contributed by atoms with Crippen LogP contribution < -0.4 is 0 Å². The summed E-state index contributed by atoms with van der Waals surface area (Å²) in [5.41, 5.74) is 0. The molecule has 2 saturated heterocycles. The highest BCUT2D eigenvalue weighted by atomic mass is 16.7. The smallest absolute Gasteiger partial charge is 0.331 e. The third kappa shape index (κ3) is 7.14. The molecule has 2 aliphatic carbocycles. The van der Waals surface area contributed by atoms with E-state index in [9.17, 15) is 33.6 Å². The predicted octanol–water partition coefficient (Wildman–Crippen LogP) is 0.665. The van der Waals surface area contributed by atoms with Gasteiger partial charge in [-0.05, 0) is 31.1 Å². The third-order valence-electron chi connectivity index (χ3n) is 8.48. The molecule has 0 radical (unpaired) electrons. The zero-order valence-electron chi connectivity index (χ0n) is 24.1. The molecular formula is C31H36N4O8. The number of hydroxylamine groups is 2. The Bertz CT molecular complexity index is 1250. The van der Waals surface area contributed by atoms with E-state index in [0.29, 0.717) is 30.9 Å². The Morgan fingerprint density at radius 2 is 1.33 bits per heavy atom. The first-order chi connectivity index (χ1) is 20.7. The van der Waals surface area contributed by atoms with Gasteiger partial charge in [-0.2, -0.15) is 0 Å². The summed E-state index contributed by atoms with van der Waals surface area (Å²) in [6, 6.07) is 0. The molecule has 2 bridgehead atoms. The maximum absolute atomic E-state index is 12.8. The fourth-order valence-corrected chi connectivity index (χ4v) is 6.29. The number of likely N-dealkylation sites (tertiary alicyclic amines) is 1. The number of carbonyl (C=O) groups excluding carboxylic acids is 7. The largest absolute Gasteiger partial charge is 0.334 e. The van der Waals surface area contributed by atoms with E-state index in [1.807, 2.05) is 0 Å². The van der Waals surface area contributed by atoms with E-state index in [4.69, 9.17) is 17.7 Å². The molecule has 2 heterocycles. The van der Waals surface area contributed by atoms with Crippen LogP contribution in [0.2, 0.25) is 0 Å². The maximum atomic E-state index is 12.8. The molecular weight excluding hydrogens is 556 g/mol. The topological polar surface area (TPSA) is 142 Å². The van der Waals surface area contributed by atoms with Crippen LogP contribution in [0.4, 0.5) is 0 Å². The Morgan fingerprint density at radius 3 is 1.88 bits per heavy atom. The molecule has 0 aromatic heterocycles. The van der Waals surface area contributed by atoms with Crippen molar-refractivity contribution < 1.29 is 38.4 Å². The molecule has 0 aromatic carbocycles. The Hall–Kier alpha value is -4.45. The zero-order valence-corrected chi connectivity index (χ0v) is 24.1. The van der Waals surface area contributed by atoms with E-state index < -0.39 is 23.7 Å². The zero-order chi connectivity index (χ0) is 31.1. The van der Waals surface area contributed by atoms with E-state index in [1.165, 1.54) is 14.7 Å². The molecule has 0 spiro atoms. The van der Waals surface area contributed by atoms with E-state index in [0.717, 1.165) is 6.42 Å². The molecule has 0 N–H and O–H groups in total. The number of allylic oxidation sites excluding steroid dienone is 2. The first-order valence-corrected chi connectivity index (χ1v) is 14.7. The lowest BCUT2D eigenvalue weighted by Crippen LogP contribution is -2.39. The van der Waals surface area contributed by atoms with Crippen LogP contribution in [-0.4, -0.2) is 93.9 Å². The number of unbranched alkanes of at least 4 members (excludes halogenated alkanes) is 2. The van der Waals surface area contributed by atoms with E-state index in [-0.39, 0.29) is 99.7 Å². The summed E-state index contributed by atoms with van der Waals surface area (Å²) in [5.74, 6) is 1.91. The number of hydrogen-bond acceptors (Lipinski definition) is 8. The Labute approximate surface area is 250 Å². The fraction of sp³-hybridized carbons (Fsp3) is 0.581. The molecule has 0 unspecified atom stereocenters. The monoisotopic (exact) mass is 592 g/mol. The summed E-state index contributed by atoms with van der Waals surface area (Å²) < 4.78 is 0. The molecule has 2 aliphatic heterocycles. The van der Waals surface area contributed by atoms with Crippen LogP contribution in [0.25, 0.3) is 0 Å². The number of rotatable bonds is 15. The van der Waals surface area contributed by atoms with Gasteiger partial charge in [-0.3, -0.25) is 33.7 Å². The van der Waals surface area contributed by atoms with Crippen LogP contribution in [0.5, 0.6) is 0 Å². The number of carbonyl (C=O) groups is 7. The van der Waals surface area contributed by atoms with Gasteiger partial charge in [-0.25, -0.2) is 4.79 Å². The lowest BCUT2D eigenvalue weighted by Gasteiger charge is -2.24. The van der Waals surface area contributed by atoms with Gasteiger partial charge < -0.3 is 14.6 Å². The molecule has 6 amide bonds. The van der Waals surface area contributed by atoms with E-state index in [1.54, 1.807) is 0 Å². The Morgan fingerprint density at radius 1 is 0.791 bits per heavy atom. The molecule has 43 heavy (non-hydrogen) atoms. The highest BCUT2D eigenvalue weighted by molar-refractivity contribution is 6.06. The third-order valence-corrected chi connectivity index (χ3v) is 8.48. The van der Waals surface area contributed by atoms with E-state index >= 15 is 0 Å². The van der Waals surface area contributed by atoms with Crippen molar-refractivity contribution in [2.45, 2.75) is 57.8 Å². The van der Waals surface area contributed by atoms with E-state index in [2.05, 4.69) is 24.0 Å². The normalized spacial score (nSPS) is 23.4. The van der Waals surface area contributed by atoms with Crippen LogP contribution in [0.3, 0.4) is 0 Å². The molecule has 12 heteroatoms. The van der Waals surface area contributed by atoms with Crippen molar-refractivity contribution in [3.05, 3.63) is 12.2 Å². The van der Waals surface area contributed by atoms with Gasteiger partial charge in [-0.15, -0.1) is 17.9 Å². The number of imide groups is 2. The minimum atomic E-state index is -0.854. The minimum Gasteiger partial charge on any atom is -0.331 e. The second kappa shape index (κ2) is 14.1. The molecule has 4 rings (SSSR count). The highest BCUT2D eigenvalue weighted by Crippen LogP contribution is 2.52. The maximum Gasteiger partial charge on any atom is 0.334 e. The Balaban J connectivity index is 1.16. The van der Waals surface area contributed by atoms with Crippen molar-refractivity contribution in [2.24, 2.45) is 23.7 Å². The van der Waals surface area contributed by atoms with Crippen LogP contribution in [0, 0.1) is 48.4 Å². The molecule has 4 aliphatic rings. The minimum absolute atomic E-state index is 0.0153. The standard InChI is InChI=1S/C31H36N4O8/c1-3-15-32(18-13-24(37)33(16-4-2)19-14-27(40)43-35-25(38)11-12-26(35)39)23(36)8-6-5-7-17-34-30(41)28-21-9-10-22(20-21)29(28)31(34)42/h1-2,9-10,21-22,28-29H,5-8,11-20H2/t21-,22+,28+,29-. The lowest BCUT2D eigenvalue weighted by molar-refractivity contribution is -0.197. The number of amides is 6. The first kappa shape index (κ1) is 31.5. The van der Waals surface area contributed by atoms with Crippen molar-refractivity contribution >= 4 is 41.4 Å². The van der Waals surface area contributed by atoms with Crippen molar-refractivity contribution in [1.82, 2.24) is 19.8 Å². The van der Waals surface area contributed by atoms with Gasteiger partial charge in [0.15, 0.2) is 0 Å².